The van der Waals surface area contributed by atoms with Gasteiger partial charge in [0.05, 0.1) is 10.6 Å². The van der Waals surface area contributed by atoms with Gasteiger partial charge in [-0.15, -0.1) is 0 Å². The summed E-state index contributed by atoms with van der Waals surface area (Å²) in [4.78, 5) is 15.7. The highest BCUT2D eigenvalue weighted by atomic mass is 32.2. The molecule has 7 heteroatoms. The van der Waals surface area contributed by atoms with Crippen LogP contribution >= 0.6 is 24.0 Å². The lowest BCUT2D eigenvalue weighted by molar-refractivity contribution is -0.122. The minimum Gasteiger partial charge on any atom is -0.489 e. The Morgan fingerprint density at radius 2 is 1.84 bits per heavy atom. The molecule has 1 saturated heterocycles. The van der Waals surface area contributed by atoms with Crippen molar-refractivity contribution in [3.05, 3.63) is 83.4 Å². The molecule has 0 N–H and O–H groups in total. The molecule has 2 heterocycles. The SMILES string of the molecule is C=CCOc1ccc(-c2nn(-c3ccccc3)cc2/C=C2\SC(=S)N(CCCCCCCC)C2=O)cc1C. The molecule has 1 amide bonds. The first-order valence-corrected chi connectivity index (χ1v) is 14.5. The highest BCUT2D eigenvalue weighted by Gasteiger charge is 2.32. The lowest BCUT2D eigenvalue weighted by Gasteiger charge is -2.14. The van der Waals surface area contributed by atoms with Crippen LogP contribution in [0.5, 0.6) is 5.75 Å². The van der Waals surface area contributed by atoms with Gasteiger partial charge in [-0.25, -0.2) is 4.68 Å². The number of rotatable bonds is 13. The third kappa shape index (κ3) is 6.83. The van der Waals surface area contributed by atoms with Crippen LogP contribution in [0.2, 0.25) is 0 Å². The van der Waals surface area contributed by atoms with Gasteiger partial charge in [0, 0.05) is 23.9 Å². The third-order valence-electron chi connectivity index (χ3n) is 6.46. The predicted molar refractivity (Wildman–Crippen MR) is 163 cm³/mol. The minimum absolute atomic E-state index is 0.0173. The van der Waals surface area contributed by atoms with Crippen LogP contribution in [-0.2, 0) is 4.79 Å². The van der Waals surface area contributed by atoms with Gasteiger partial charge in [-0.2, -0.15) is 5.10 Å². The van der Waals surface area contributed by atoms with Crippen molar-refractivity contribution in [3.8, 4) is 22.7 Å². The van der Waals surface area contributed by atoms with Crippen molar-refractivity contribution in [2.45, 2.75) is 52.4 Å². The van der Waals surface area contributed by atoms with Gasteiger partial charge in [0.2, 0.25) is 0 Å². The maximum Gasteiger partial charge on any atom is 0.266 e. The maximum absolute atomic E-state index is 13.3. The molecular formula is C31H35N3O2S2. The number of nitrogens with zero attached hydrogens (tertiary/aromatic N) is 3. The number of amides is 1. The van der Waals surface area contributed by atoms with Crippen molar-refractivity contribution in [1.29, 1.82) is 0 Å². The summed E-state index contributed by atoms with van der Waals surface area (Å²) in [7, 11) is 0. The highest BCUT2D eigenvalue weighted by molar-refractivity contribution is 8.26. The van der Waals surface area contributed by atoms with Crippen molar-refractivity contribution in [3.63, 3.8) is 0 Å². The van der Waals surface area contributed by atoms with E-state index < -0.39 is 0 Å². The van der Waals surface area contributed by atoms with E-state index in [2.05, 4.69) is 19.6 Å². The molecule has 1 aliphatic heterocycles. The van der Waals surface area contributed by atoms with E-state index in [0.29, 0.717) is 22.4 Å². The number of para-hydroxylation sites is 1. The van der Waals surface area contributed by atoms with Crippen LogP contribution in [0.15, 0.2) is 72.3 Å². The van der Waals surface area contributed by atoms with Crippen LogP contribution in [0, 0.1) is 6.92 Å². The van der Waals surface area contributed by atoms with Gasteiger partial charge in [0.15, 0.2) is 0 Å². The lowest BCUT2D eigenvalue weighted by Crippen LogP contribution is -2.29. The van der Waals surface area contributed by atoms with Gasteiger partial charge < -0.3 is 4.74 Å². The molecule has 38 heavy (non-hydrogen) atoms. The number of carbonyl (C=O) groups is 1. The fraction of sp³-hybridized carbons (Fsp3) is 0.323. The Labute approximate surface area is 235 Å². The Morgan fingerprint density at radius 1 is 1.08 bits per heavy atom. The molecule has 0 bridgehead atoms. The fourth-order valence-electron chi connectivity index (χ4n) is 4.42. The topological polar surface area (TPSA) is 47.4 Å². The summed E-state index contributed by atoms with van der Waals surface area (Å²) in [5, 5.41) is 4.92. The van der Waals surface area contributed by atoms with Crippen LogP contribution < -0.4 is 4.74 Å². The number of aryl methyl sites for hydroxylation is 1. The molecule has 0 aliphatic carbocycles. The monoisotopic (exact) mass is 545 g/mol. The van der Waals surface area contributed by atoms with Crippen molar-refractivity contribution in [1.82, 2.24) is 14.7 Å². The second-order valence-electron chi connectivity index (χ2n) is 9.39. The zero-order chi connectivity index (χ0) is 26.9. The van der Waals surface area contributed by atoms with Gasteiger partial charge in [-0.05, 0) is 55.3 Å². The number of hydrogen-bond donors (Lipinski definition) is 0. The van der Waals surface area contributed by atoms with E-state index in [1.807, 2.05) is 66.3 Å². The Bertz CT molecular complexity index is 1310. The van der Waals surface area contributed by atoms with Crippen molar-refractivity contribution < 1.29 is 9.53 Å². The molecule has 0 spiro atoms. The molecule has 5 nitrogen and oxygen atoms in total. The van der Waals surface area contributed by atoms with E-state index in [-0.39, 0.29) is 5.91 Å². The van der Waals surface area contributed by atoms with Gasteiger partial charge >= 0.3 is 0 Å². The molecule has 1 fully saturated rings. The van der Waals surface area contributed by atoms with Crippen LogP contribution in [-0.4, -0.2) is 38.1 Å². The quantitative estimate of drug-likeness (QED) is 0.0943. The molecule has 0 saturated carbocycles. The van der Waals surface area contributed by atoms with Gasteiger partial charge in [-0.1, -0.05) is 93.9 Å². The average molecular weight is 546 g/mol. The van der Waals surface area contributed by atoms with Crippen LogP contribution in [0.3, 0.4) is 0 Å². The number of ether oxygens (including phenoxy) is 1. The molecule has 4 rings (SSSR count). The highest BCUT2D eigenvalue weighted by Crippen LogP contribution is 2.36. The van der Waals surface area contributed by atoms with Crippen LogP contribution in [0.1, 0.15) is 56.6 Å². The number of unbranched alkanes of at least 4 members (excludes halogenated alkanes) is 5. The first-order chi connectivity index (χ1) is 18.5. The number of carbonyl (C=O) groups excluding carboxylic acids is 1. The number of thiocarbonyl (C=S) groups is 1. The maximum atomic E-state index is 13.3. The Hall–Kier alpha value is -3.16. The van der Waals surface area contributed by atoms with Crippen molar-refractivity contribution in [2.75, 3.05) is 13.2 Å². The zero-order valence-electron chi connectivity index (χ0n) is 22.2. The lowest BCUT2D eigenvalue weighted by atomic mass is 10.0. The Balaban J connectivity index is 1.61. The summed E-state index contributed by atoms with van der Waals surface area (Å²) in [6.45, 7) is 9.09. The molecule has 0 radical (unpaired) electrons. The molecule has 0 unspecified atom stereocenters. The van der Waals surface area contributed by atoms with Crippen molar-refractivity contribution >= 4 is 40.3 Å². The van der Waals surface area contributed by atoms with E-state index in [1.165, 1.54) is 37.4 Å². The van der Waals surface area contributed by atoms with Crippen molar-refractivity contribution in [2.24, 2.45) is 0 Å². The van der Waals surface area contributed by atoms with Gasteiger partial charge in [0.1, 0.15) is 22.4 Å². The average Bonchev–Trinajstić information content (AvgIpc) is 3.46. The molecule has 1 aromatic heterocycles. The number of benzene rings is 2. The summed E-state index contributed by atoms with van der Waals surface area (Å²) in [6.07, 6.45) is 12.7. The largest absolute Gasteiger partial charge is 0.489 e. The standard InChI is InChI=1S/C31H35N3O2S2/c1-4-6-7-8-9-13-18-33-30(35)28(38-31(33)37)21-25-22-34(26-14-11-10-12-15-26)32-29(25)24-16-17-27(23(3)20-24)36-19-5-2/h5,10-12,14-17,20-22H,2,4,6-9,13,18-19H2,1,3H3/b28-21-. The number of aromatic nitrogens is 2. The second kappa shape index (κ2) is 13.6. The summed E-state index contributed by atoms with van der Waals surface area (Å²) >= 11 is 6.96. The molecule has 1 aliphatic rings. The number of hydrogen-bond acceptors (Lipinski definition) is 5. The summed E-state index contributed by atoms with van der Waals surface area (Å²) in [5.74, 6) is 0.796. The summed E-state index contributed by atoms with van der Waals surface area (Å²) < 4.78 is 8.25. The molecule has 2 aromatic carbocycles. The Kier molecular flexibility index (Phi) is 9.96. The van der Waals surface area contributed by atoms with Gasteiger partial charge in [-0.3, -0.25) is 9.69 Å². The normalized spacial score (nSPS) is 14.5. The van der Waals surface area contributed by atoms with E-state index in [0.717, 1.165) is 46.7 Å². The molecule has 0 atom stereocenters. The predicted octanol–water partition coefficient (Wildman–Crippen LogP) is 7.97. The molecule has 198 valence electrons. The zero-order valence-corrected chi connectivity index (χ0v) is 23.8. The van der Waals surface area contributed by atoms with E-state index >= 15 is 0 Å². The summed E-state index contributed by atoms with van der Waals surface area (Å²) in [5.41, 5.74) is 4.58. The van der Waals surface area contributed by atoms with Crippen LogP contribution in [0.25, 0.3) is 23.0 Å². The van der Waals surface area contributed by atoms with Crippen LogP contribution in [0.4, 0.5) is 0 Å². The third-order valence-corrected chi connectivity index (χ3v) is 7.84. The number of thioether (sulfide) groups is 1. The summed E-state index contributed by atoms with van der Waals surface area (Å²) in [6, 6.07) is 16.0. The first kappa shape index (κ1) is 27.9. The fourth-order valence-corrected chi connectivity index (χ4v) is 5.72. The van der Waals surface area contributed by atoms with Gasteiger partial charge in [0.25, 0.3) is 5.91 Å². The second-order valence-corrected chi connectivity index (χ2v) is 11.1. The first-order valence-electron chi connectivity index (χ1n) is 13.3. The van der Waals surface area contributed by atoms with E-state index in [4.69, 9.17) is 22.1 Å². The molecule has 3 aromatic rings. The molecular weight excluding hydrogens is 510 g/mol. The smallest absolute Gasteiger partial charge is 0.266 e. The minimum atomic E-state index is -0.0173. The van der Waals surface area contributed by atoms with E-state index in [9.17, 15) is 4.79 Å². The Morgan fingerprint density at radius 3 is 2.58 bits per heavy atom. The van der Waals surface area contributed by atoms with E-state index in [1.54, 1.807) is 11.0 Å².